The molecule has 3 aromatic rings. The number of benzene rings is 1. The summed E-state index contributed by atoms with van der Waals surface area (Å²) < 4.78 is 0. The van der Waals surface area contributed by atoms with Crippen molar-refractivity contribution in [1.82, 2.24) is 9.97 Å². The molecule has 1 aliphatic heterocycles. The molecule has 126 valence electrons. The molecule has 2 aromatic heterocycles. The van der Waals surface area contributed by atoms with Gasteiger partial charge < -0.3 is 15.0 Å². The Labute approximate surface area is 145 Å². The molecule has 0 unspecified atom stereocenters. The maximum absolute atomic E-state index is 11.8. The Morgan fingerprint density at radius 2 is 1.92 bits per heavy atom. The van der Waals surface area contributed by atoms with Crippen LogP contribution in [0.4, 0.5) is 5.69 Å². The summed E-state index contributed by atoms with van der Waals surface area (Å²) >= 11 is 0. The minimum atomic E-state index is -0.938. The average molecular weight is 333 g/mol. The molecule has 0 bridgehead atoms. The molecule has 3 heterocycles. The van der Waals surface area contributed by atoms with E-state index >= 15 is 0 Å². The Morgan fingerprint density at radius 1 is 1.16 bits per heavy atom. The summed E-state index contributed by atoms with van der Waals surface area (Å²) in [4.78, 5) is 21.5. The zero-order chi connectivity index (χ0) is 17.2. The second-order valence-electron chi connectivity index (χ2n) is 6.25. The highest BCUT2D eigenvalue weighted by Gasteiger charge is 2.15. The van der Waals surface area contributed by atoms with Gasteiger partial charge in [-0.1, -0.05) is 12.1 Å². The third kappa shape index (κ3) is 3.01. The molecule has 0 atom stereocenters. The number of rotatable bonds is 4. The van der Waals surface area contributed by atoms with Crippen molar-refractivity contribution in [2.75, 3.05) is 18.0 Å². The van der Waals surface area contributed by atoms with Crippen LogP contribution < -0.4 is 4.90 Å². The highest BCUT2D eigenvalue weighted by Crippen LogP contribution is 2.26. The van der Waals surface area contributed by atoms with Gasteiger partial charge in [0.15, 0.2) is 0 Å². The zero-order valence-electron chi connectivity index (χ0n) is 13.8. The number of nitrogens with zero attached hydrogens (tertiary/aromatic N) is 2. The number of carboxylic acids is 1. The maximum atomic E-state index is 11.8. The summed E-state index contributed by atoms with van der Waals surface area (Å²) in [5.74, 6) is -0.938. The number of nitrogens with one attached hydrogen (secondary N) is 1. The van der Waals surface area contributed by atoms with Gasteiger partial charge in [-0.3, -0.25) is 0 Å². The van der Waals surface area contributed by atoms with Gasteiger partial charge in [0.1, 0.15) is 5.65 Å². The number of carbonyl (C=O) groups is 1. The first-order valence-electron chi connectivity index (χ1n) is 8.45. The number of carboxylic acid groups (broad SMARTS) is 1. The quantitative estimate of drug-likeness (QED) is 0.713. The number of anilines is 1. The fourth-order valence-electron chi connectivity index (χ4n) is 3.35. The molecule has 0 amide bonds. The molecule has 5 heteroatoms. The van der Waals surface area contributed by atoms with Crippen molar-refractivity contribution < 1.29 is 9.90 Å². The number of fused-ring (bicyclic) bond motifs is 1. The number of hydrogen-bond acceptors (Lipinski definition) is 3. The van der Waals surface area contributed by atoms with Crippen LogP contribution >= 0.6 is 0 Å². The lowest BCUT2D eigenvalue weighted by molar-refractivity contribution is -0.130. The molecule has 1 fully saturated rings. The average Bonchev–Trinajstić information content (AvgIpc) is 3.30. The Kier molecular flexibility index (Phi) is 3.98. The lowest BCUT2D eigenvalue weighted by Crippen LogP contribution is -2.17. The Hall–Kier alpha value is -3.08. The van der Waals surface area contributed by atoms with Crippen molar-refractivity contribution in [3.05, 3.63) is 59.9 Å². The molecule has 1 aliphatic rings. The van der Waals surface area contributed by atoms with Gasteiger partial charge in [-0.25, -0.2) is 9.78 Å². The highest BCUT2D eigenvalue weighted by atomic mass is 16.4. The standard InChI is InChI=1S/C20H19N3O2/c24-20(25)18(12-15-13-22-19-17(15)4-3-9-21-19)14-5-7-16(8-6-14)23-10-1-2-11-23/h3-9,12-13H,1-2,10-11H2,(H,21,22)(H,24,25). The normalized spacial score (nSPS) is 15.0. The van der Waals surface area contributed by atoms with Crippen LogP contribution in [0.2, 0.25) is 0 Å². The van der Waals surface area contributed by atoms with E-state index in [9.17, 15) is 9.90 Å². The highest BCUT2D eigenvalue weighted by molar-refractivity contribution is 6.21. The van der Waals surface area contributed by atoms with Crippen molar-refractivity contribution in [2.45, 2.75) is 12.8 Å². The second-order valence-corrected chi connectivity index (χ2v) is 6.25. The fourth-order valence-corrected chi connectivity index (χ4v) is 3.35. The minimum absolute atomic E-state index is 0.276. The van der Waals surface area contributed by atoms with Crippen LogP contribution in [0, 0.1) is 0 Å². The molecule has 0 aliphatic carbocycles. The predicted molar refractivity (Wildman–Crippen MR) is 99.5 cm³/mol. The zero-order valence-corrected chi connectivity index (χ0v) is 13.8. The van der Waals surface area contributed by atoms with Gasteiger partial charge in [-0.15, -0.1) is 0 Å². The SMILES string of the molecule is O=C(O)C(=Cc1c[nH]c2ncccc12)c1ccc(N2CCCC2)cc1. The third-order valence-electron chi connectivity index (χ3n) is 4.66. The molecule has 5 nitrogen and oxygen atoms in total. The minimum Gasteiger partial charge on any atom is -0.478 e. The summed E-state index contributed by atoms with van der Waals surface area (Å²) in [6, 6.07) is 11.6. The fraction of sp³-hybridized carbons (Fsp3) is 0.200. The number of hydrogen-bond donors (Lipinski definition) is 2. The van der Waals surface area contributed by atoms with Crippen LogP contribution in [0.25, 0.3) is 22.7 Å². The van der Waals surface area contributed by atoms with Crippen LogP contribution in [0.5, 0.6) is 0 Å². The van der Waals surface area contributed by atoms with Crippen LogP contribution in [0.1, 0.15) is 24.0 Å². The summed E-state index contributed by atoms with van der Waals surface area (Å²) in [6.07, 6.45) is 7.64. The Balaban J connectivity index is 1.70. The first-order chi connectivity index (χ1) is 12.2. The monoisotopic (exact) mass is 333 g/mol. The molecular weight excluding hydrogens is 314 g/mol. The van der Waals surface area contributed by atoms with Gasteiger partial charge in [0.05, 0.1) is 5.57 Å². The number of aromatic nitrogens is 2. The van der Waals surface area contributed by atoms with Crippen LogP contribution in [-0.2, 0) is 4.79 Å². The second kappa shape index (κ2) is 6.43. The first kappa shape index (κ1) is 15.4. The van der Waals surface area contributed by atoms with E-state index in [1.807, 2.05) is 36.4 Å². The van der Waals surface area contributed by atoms with Gasteiger partial charge in [-0.2, -0.15) is 0 Å². The topological polar surface area (TPSA) is 69.2 Å². The summed E-state index contributed by atoms with van der Waals surface area (Å²) in [7, 11) is 0. The van der Waals surface area contributed by atoms with Gasteiger partial charge >= 0.3 is 5.97 Å². The van der Waals surface area contributed by atoms with E-state index < -0.39 is 5.97 Å². The van der Waals surface area contributed by atoms with Crippen molar-refractivity contribution in [3.63, 3.8) is 0 Å². The summed E-state index contributed by atoms with van der Waals surface area (Å²) in [5.41, 5.74) is 3.71. The Morgan fingerprint density at radius 3 is 2.64 bits per heavy atom. The molecule has 2 N–H and O–H groups in total. The van der Waals surface area contributed by atoms with E-state index in [0.717, 1.165) is 35.4 Å². The Bertz CT molecular complexity index is 935. The van der Waals surface area contributed by atoms with E-state index in [-0.39, 0.29) is 5.57 Å². The van der Waals surface area contributed by atoms with Crippen LogP contribution in [-0.4, -0.2) is 34.1 Å². The summed E-state index contributed by atoms with van der Waals surface area (Å²) in [6.45, 7) is 2.15. The molecular formula is C20H19N3O2. The van der Waals surface area contributed by atoms with Crippen molar-refractivity contribution >= 4 is 34.3 Å². The van der Waals surface area contributed by atoms with Gasteiger partial charge in [0.2, 0.25) is 0 Å². The van der Waals surface area contributed by atoms with E-state index in [2.05, 4.69) is 14.9 Å². The van der Waals surface area contributed by atoms with E-state index in [4.69, 9.17) is 0 Å². The number of H-pyrrole nitrogens is 1. The lowest BCUT2D eigenvalue weighted by atomic mass is 10.0. The molecule has 1 aromatic carbocycles. The molecule has 4 rings (SSSR count). The molecule has 25 heavy (non-hydrogen) atoms. The number of aromatic amines is 1. The van der Waals surface area contributed by atoms with Gasteiger partial charge in [0.25, 0.3) is 0 Å². The van der Waals surface area contributed by atoms with Crippen molar-refractivity contribution in [3.8, 4) is 0 Å². The van der Waals surface area contributed by atoms with E-state index in [1.54, 1.807) is 18.5 Å². The van der Waals surface area contributed by atoms with Gasteiger partial charge in [0, 0.05) is 42.1 Å². The third-order valence-corrected chi connectivity index (χ3v) is 4.66. The van der Waals surface area contributed by atoms with Crippen molar-refractivity contribution in [1.29, 1.82) is 0 Å². The van der Waals surface area contributed by atoms with Crippen LogP contribution in [0.15, 0.2) is 48.8 Å². The first-order valence-corrected chi connectivity index (χ1v) is 8.45. The van der Waals surface area contributed by atoms with Crippen LogP contribution in [0.3, 0.4) is 0 Å². The van der Waals surface area contributed by atoms with E-state index in [0.29, 0.717) is 5.56 Å². The lowest BCUT2D eigenvalue weighted by Gasteiger charge is -2.17. The summed E-state index contributed by atoms with van der Waals surface area (Å²) in [5, 5.41) is 10.6. The molecule has 0 radical (unpaired) electrons. The predicted octanol–water partition coefficient (Wildman–Crippen LogP) is 3.79. The smallest absolute Gasteiger partial charge is 0.336 e. The van der Waals surface area contributed by atoms with Gasteiger partial charge in [-0.05, 0) is 48.7 Å². The largest absolute Gasteiger partial charge is 0.478 e. The number of aliphatic carboxylic acids is 1. The molecule has 1 saturated heterocycles. The maximum Gasteiger partial charge on any atom is 0.336 e. The molecule has 0 spiro atoms. The molecule has 0 saturated carbocycles. The number of pyridine rings is 1. The van der Waals surface area contributed by atoms with E-state index in [1.165, 1.54) is 12.8 Å². The van der Waals surface area contributed by atoms with Crippen molar-refractivity contribution in [2.24, 2.45) is 0 Å².